The molecular formula is C18H33N5O2S. The number of aliphatic imine (C=N–C) groups is 1. The van der Waals surface area contributed by atoms with E-state index in [1.54, 1.807) is 23.3 Å². The predicted molar refractivity (Wildman–Crippen MR) is 108 cm³/mol. The van der Waals surface area contributed by atoms with Crippen molar-refractivity contribution < 1.29 is 9.53 Å². The minimum Gasteiger partial charge on any atom is -0.444 e. The van der Waals surface area contributed by atoms with Crippen molar-refractivity contribution in [2.24, 2.45) is 4.99 Å². The number of likely N-dealkylation sites (N-methyl/N-ethyl adjacent to an activating group) is 1. The number of hydrogen-bond acceptors (Lipinski definition) is 5. The van der Waals surface area contributed by atoms with Crippen molar-refractivity contribution in [2.75, 3.05) is 26.7 Å². The van der Waals surface area contributed by atoms with E-state index in [-0.39, 0.29) is 6.09 Å². The van der Waals surface area contributed by atoms with Gasteiger partial charge in [-0.1, -0.05) is 13.8 Å². The molecule has 1 heterocycles. The summed E-state index contributed by atoms with van der Waals surface area (Å²) in [4.78, 5) is 22.7. The molecule has 0 aliphatic heterocycles. The molecule has 148 valence electrons. The van der Waals surface area contributed by atoms with E-state index in [9.17, 15) is 4.79 Å². The molecule has 0 saturated carbocycles. The van der Waals surface area contributed by atoms with Gasteiger partial charge >= 0.3 is 6.09 Å². The number of carbonyl (C=O) groups is 1. The summed E-state index contributed by atoms with van der Waals surface area (Å²) in [6, 6.07) is 0. The SMILES string of the molecule is CCNC(=NCc1nc(C(C)C)cs1)NCCN(C)C(=O)OC(C)(C)C. The lowest BCUT2D eigenvalue weighted by atomic mass is 10.2. The topological polar surface area (TPSA) is 78.9 Å². The van der Waals surface area contributed by atoms with Crippen LogP contribution in [0.3, 0.4) is 0 Å². The van der Waals surface area contributed by atoms with E-state index in [0.717, 1.165) is 17.2 Å². The van der Waals surface area contributed by atoms with Gasteiger partial charge in [0.2, 0.25) is 0 Å². The van der Waals surface area contributed by atoms with Crippen LogP contribution in [0, 0.1) is 0 Å². The molecule has 0 aromatic carbocycles. The molecule has 26 heavy (non-hydrogen) atoms. The highest BCUT2D eigenvalue weighted by Crippen LogP contribution is 2.18. The summed E-state index contributed by atoms with van der Waals surface area (Å²) in [6.45, 7) is 14.3. The Labute approximate surface area is 161 Å². The quantitative estimate of drug-likeness (QED) is 0.558. The first-order valence-electron chi connectivity index (χ1n) is 9.03. The summed E-state index contributed by atoms with van der Waals surface area (Å²) in [6.07, 6.45) is -0.328. The Kier molecular flexibility index (Phi) is 8.84. The van der Waals surface area contributed by atoms with Crippen molar-refractivity contribution in [1.29, 1.82) is 0 Å². The number of hydrogen-bond donors (Lipinski definition) is 2. The molecule has 0 aliphatic carbocycles. The van der Waals surface area contributed by atoms with Crippen LogP contribution in [-0.2, 0) is 11.3 Å². The second-order valence-electron chi connectivity index (χ2n) is 7.34. The van der Waals surface area contributed by atoms with Gasteiger partial charge in [0.15, 0.2) is 5.96 Å². The molecule has 2 N–H and O–H groups in total. The second-order valence-corrected chi connectivity index (χ2v) is 8.29. The maximum absolute atomic E-state index is 12.0. The van der Waals surface area contributed by atoms with Gasteiger partial charge in [-0.15, -0.1) is 11.3 Å². The highest BCUT2D eigenvalue weighted by Gasteiger charge is 2.19. The van der Waals surface area contributed by atoms with E-state index in [2.05, 4.69) is 39.8 Å². The van der Waals surface area contributed by atoms with Gasteiger partial charge in [-0.25, -0.2) is 14.8 Å². The standard InChI is InChI=1S/C18H33N5O2S/c1-8-19-16(21-11-15-22-14(12-26-15)13(2)3)20-9-10-23(7)17(24)25-18(4,5)6/h12-13H,8-11H2,1-7H3,(H2,19,20,21). The largest absolute Gasteiger partial charge is 0.444 e. The molecular weight excluding hydrogens is 350 g/mol. The van der Waals surface area contributed by atoms with Crippen molar-refractivity contribution >= 4 is 23.4 Å². The first-order chi connectivity index (χ1) is 12.1. The number of nitrogens with zero attached hydrogens (tertiary/aromatic N) is 3. The Morgan fingerprint density at radius 2 is 2.08 bits per heavy atom. The number of amides is 1. The third-order valence-corrected chi connectivity index (χ3v) is 4.17. The molecule has 1 aromatic heterocycles. The van der Waals surface area contributed by atoms with Crippen LogP contribution in [-0.4, -0.2) is 54.2 Å². The molecule has 1 amide bonds. The molecule has 0 radical (unpaired) electrons. The Balaban J connectivity index is 2.50. The van der Waals surface area contributed by atoms with Crippen molar-refractivity contribution in [3.8, 4) is 0 Å². The van der Waals surface area contributed by atoms with E-state index in [0.29, 0.717) is 31.5 Å². The third-order valence-electron chi connectivity index (χ3n) is 3.32. The van der Waals surface area contributed by atoms with Crippen molar-refractivity contribution in [1.82, 2.24) is 20.5 Å². The molecule has 8 heteroatoms. The zero-order valence-corrected chi connectivity index (χ0v) is 17.9. The average Bonchev–Trinajstić information content (AvgIpc) is 3.00. The van der Waals surface area contributed by atoms with Crippen LogP contribution in [0.2, 0.25) is 0 Å². The predicted octanol–water partition coefficient (Wildman–Crippen LogP) is 3.19. The van der Waals surface area contributed by atoms with Crippen LogP contribution in [0.1, 0.15) is 58.2 Å². The maximum Gasteiger partial charge on any atom is 0.410 e. The van der Waals surface area contributed by atoms with Gasteiger partial charge in [0.1, 0.15) is 10.6 Å². The van der Waals surface area contributed by atoms with Gasteiger partial charge in [0.25, 0.3) is 0 Å². The molecule has 1 aromatic rings. The number of nitrogens with one attached hydrogen (secondary N) is 2. The molecule has 0 saturated heterocycles. The number of guanidine groups is 1. The van der Waals surface area contributed by atoms with Crippen LogP contribution in [0.5, 0.6) is 0 Å². The monoisotopic (exact) mass is 383 g/mol. The van der Waals surface area contributed by atoms with Crippen molar-refractivity contribution in [3.05, 3.63) is 16.1 Å². The summed E-state index contributed by atoms with van der Waals surface area (Å²) in [7, 11) is 1.73. The summed E-state index contributed by atoms with van der Waals surface area (Å²) >= 11 is 1.63. The van der Waals surface area contributed by atoms with Gasteiger partial charge < -0.3 is 20.3 Å². The van der Waals surface area contributed by atoms with Gasteiger partial charge in [-0.3, -0.25) is 0 Å². The molecule has 0 aliphatic rings. The Hall–Kier alpha value is -1.83. The van der Waals surface area contributed by atoms with Gasteiger partial charge in [-0.2, -0.15) is 0 Å². The Bertz CT molecular complexity index is 593. The number of carbonyl (C=O) groups excluding carboxylic acids is 1. The number of ether oxygens (including phenoxy) is 1. The Morgan fingerprint density at radius 1 is 1.38 bits per heavy atom. The second kappa shape index (κ2) is 10.4. The number of thiazole rings is 1. The van der Waals surface area contributed by atoms with Crippen LogP contribution < -0.4 is 10.6 Å². The molecule has 0 bridgehead atoms. The zero-order chi connectivity index (χ0) is 19.7. The molecule has 0 spiro atoms. The smallest absolute Gasteiger partial charge is 0.410 e. The fraction of sp³-hybridized carbons (Fsp3) is 0.722. The lowest BCUT2D eigenvalue weighted by molar-refractivity contribution is 0.0302. The Morgan fingerprint density at radius 3 is 2.62 bits per heavy atom. The first-order valence-corrected chi connectivity index (χ1v) is 9.91. The van der Waals surface area contributed by atoms with Crippen LogP contribution >= 0.6 is 11.3 Å². The third kappa shape index (κ3) is 8.51. The van der Waals surface area contributed by atoms with Crippen molar-refractivity contribution in [3.63, 3.8) is 0 Å². The zero-order valence-electron chi connectivity index (χ0n) is 17.0. The normalized spacial score (nSPS) is 12.2. The van der Waals surface area contributed by atoms with E-state index in [1.165, 1.54) is 0 Å². The summed E-state index contributed by atoms with van der Waals surface area (Å²) in [5, 5.41) is 9.53. The molecule has 0 unspecified atom stereocenters. The summed E-state index contributed by atoms with van der Waals surface area (Å²) < 4.78 is 5.34. The number of rotatable bonds is 7. The molecule has 7 nitrogen and oxygen atoms in total. The van der Waals surface area contributed by atoms with E-state index in [1.807, 2.05) is 27.7 Å². The van der Waals surface area contributed by atoms with Gasteiger partial charge in [-0.05, 0) is 33.6 Å². The van der Waals surface area contributed by atoms with Crippen LogP contribution in [0.15, 0.2) is 10.4 Å². The highest BCUT2D eigenvalue weighted by atomic mass is 32.1. The van der Waals surface area contributed by atoms with Crippen molar-refractivity contribution in [2.45, 2.75) is 59.6 Å². The van der Waals surface area contributed by atoms with Crippen LogP contribution in [0.25, 0.3) is 0 Å². The van der Waals surface area contributed by atoms with Crippen LogP contribution in [0.4, 0.5) is 4.79 Å². The fourth-order valence-electron chi connectivity index (χ4n) is 1.92. The summed E-state index contributed by atoms with van der Waals surface area (Å²) in [5.41, 5.74) is 0.620. The van der Waals surface area contributed by atoms with Gasteiger partial charge in [0, 0.05) is 32.1 Å². The fourth-order valence-corrected chi connectivity index (χ4v) is 2.80. The first kappa shape index (κ1) is 22.2. The highest BCUT2D eigenvalue weighted by molar-refractivity contribution is 7.09. The summed E-state index contributed by atoms with van der Waals surface area (Å²) in [5.74, 6) is 1.14. The molecule has 0 fully saturated rings. The van der Waals surface area contributed by atoms with E-state index >= 15 is 0 Å². The lowest BCUT2D eigenvalue weighted by Gasteiger charge is -2.24. The number of aromatic nitrogens is 1. The average molecular weight is 384 g/mol. The van der Waals surface area contributed by atoms with Gasteiger partial charge in [0.05, 0.1) is 12.2 Å². The van der Waals surface area contributed by atoms with E-state index < -0.39 is 5.60 Å². The lowest BCUT2D eigenvalue weighted by Crippen LogP contribution is -2.43. The minimum atomic E-state index is -0.488. The maximum atomic E-state index is 12.0. The minimum absolute atomic E-state index is 0.328. The van der Waals surface area contributed by atoms with E-state index in [4.69, 9.17) is 4.74 Å². The molecule has 1 rings (SSSR count). The molecule has 0 atom stereocenters.